The first-order valence-corrected chi connectivity index (χ1v) is 12.8. The Bertz CT molecular complexity index is 1360. The lowest BCUT2D eigenvalue weighted by atomic mass is 9.99. The summed E-state index contributed by atoms with van der Waals surface area (Å²) in [7, 11) is 1.59. The number of rotatable bonds is 12. The third-order valence-corrected chi connectivity index (χ3v) is 6.40. The zero-order chi connectivity index (χ0) is 27.6. The number of methoxy groups -OCH3 is 1. The molecule has 0 unspecified atom stereocenters. The number of hydrogen-bond donors (Lipinski definition) is 3. The van der Waals surface area contributed by atoms with Crippen molar-refractivity contribution in [2.24, 2.45) is 0 Å². The fourth-order valence-corrected chi connectivity index (χ4v) is 4.49. The molecule has 0 aromatic heterocycles. The summed E-state index contributed by atoms with van der Waals surface area (Å²) in [4.78, 5) is 13.1. The average molecular weight is 531 g/mol. The third-order valence-electron chi connectivity index (χ3n) is 6.40. The Hall–Kier alpha value is -4.07. The highest BCUT2D eigenvalue weighted by atomic mass is 19.1. The number of amides is 1. The molecule has 0 bridgehead atoms. The van der Waals surface area contributed by atoms with Gasteiger partial charge >= 0.3 is 0 Å². The first kappa shape index (κ1) is 28.0. The van der Waals surface area contributed by atoms with Crippen LogP contribution in [0.15, 0.2) is 97.1 Å². The summed E-state index contributed by atoms with van der Waals surface area (Å²) >= 11 is 0. The van der Waals surface area contributed by atoms with Crippen molar-refractivity contribution in [1.82, 2.24) is 10.6 Å². The molecule has 0 spiro atoms. The molecule has 39 heavy (non-hydrogen) atoms. The van der Waals surface area contributed by atoms with Crippen LogP contribution in [0.5, 0.6) is 5.75 Å². The molecule has 5 nitrogen and oxygen atoms in total. The second-order valence-corrected chi connectivity index (χ2v) is 9.45. The van der Waals surface area contributed by atoms with Gasteiger partial charge in [0.25, 0.3) is 0 Å². The summed E-state index contributed by atoms with van der Waals surface area (Å²) in [5.41, 5.74) is 4.16. The monoisotopic (exact) mass is 530 g/mol. The molecule has 4 aromatic rings. The number of aliphatic hydroxyl groups excluding tert-OH is 1. The van der Waals surface area contributed by atoms with E-state index in [9.17, 15) is 18.7 Å². The van der Waals surface area contributed by atoms with E-state index in [2.05, 4.69) is 10.6 Å². The number of benzene rings is 4. The zero-order valence-corrected chi connectivity index (χ0v) is 21.7. The van der Waals surface area contributed by atoms with Gasteiger partial charge in [0.2, 0.25) is 5.91 Å². The number of ether oxygens (including phenoxy) is 1. The maximum Gasteiger partial charge on any atom is 0.224 e. The number of hydrogen-bond acceptors (Lipinski definition) is 4. The molecule has 1 amide bonds. The van der Waals surface area contributed by atoms with Gasteiger partial charge < -0.3 is 20.5 Å². The van der Waals surface area contributed by atoms with Crippen molar-refractivity contribution >= 4 is 5.91 Å². The lowest BCUT2D eigenvalue weighted by Crippen LogP contribution is -2.49. The fourth-order valence-electron chi connectivity index (χ4n) is 4.49. The Kier molecular flexibility index (Phi) is 9.78. The van der Waals surface area contributed by atoms with Gasteiger partial charge in [0.15, 0.2) is 0 Å². The average Bonchev–Trinajstić information content (AvgIpc) is 2.93. The molecular formula is C32H32F2N2O3. The molecule has 0 saturated heterocycles. The highest BCUT2D eigenvalue weighted by Crippen LogP contribution is 2.20. The Morgan fingerprint density at radius 2 is 1.51 bits per heavy atom. The van der Waals surface area contributed by atoms with Crippen molar-refractivity contribution in [3.63, 3.8) is 0 Å². The Balaban J connectivity index is 1.43. The molecular weight excluding hydrogens is 498 g/mol. The van der Waals surface area contributed by atoms with Gasteiger partial charge in [-0.25, -0.2) is 8.78 Å². The second-order valence-electron chi connectivity index (χ2n) is 9.45. The van der Waals surface area contributed by atoms with Crippen molar-refractivity contribution in [3.8, 4) is 16.9 Å². The van der Waals surface area contributed by atoms with E-state index in [0.717, 1.165) is 34.1 Å². The van der Waals surface area contributed by atoms with Crippen molar-refractivity contribution in [2.75, 3.05) is 13.7 Å². The van der Waals surface area contributed by atoms with Gasteiger partial charge in [-0.2, -0.15) is 0 Å². The molecule has 7 heteroatoms. The normalized spacial score (nSPS) is 12.5. The van der Waals surface area contributed by atoms with Crippen LogP contribution in [0.25, 0.3) is 11.1 Å². The van der Waals surface area contributed by atoms with Gasteiger partial charge in [0.05, 0.1) is 25.7 Å². The highest BCUT2D eigenvalue weighted by molar-refractivity contribution is 5.79. The van der Waals surface area contributed by atoms with E-state index in [1.54, 1.807) is 7.11 Å². The molecule has 0 heterocycles. The molecule has 0 fully saturated rings. The minimum absolute atomic E-state index is 0.0620. The predicted octanol–water partition coefficient (Wildman–Crippen LogP) is 5.06. The molecule has 0 aliphatic rings. The topological polar surface area (TPSA) is 70.6 Å². The van der Waals surface area contributed by atoms with E-state index >= 15 is 0 Å². The molecule has 4 rings (SSSR count). The van der Waals surface area contributed by atoms with E-state index in [-0.39, 0.29) is 25.3 Å². The smallest absolute Gasteiger partial charge is 0.224 e. The minimum Gasteiger partial charge on any atom is -0.497 e. The van der Waals surface area contributed by atoms with Gasteiger partial charge in [0, 0.05) is 19.2 Å². The molecule has 202 valence electrons. The lowest BCUT2D eigenvalue weighted by Gasteiger charge is -2.25. The summed E-state index contributed by atoms with van der Waals surface area (Å²) in [5.74, 6) is -0.990. The van der Waals surface area contributed by atoms with Crippen molar-refractivity contribution in [1.29, 1.82) is 0 Å². The van der Waals surface area contributed by atoms with Crippen LogP contribution in [0.1, 0.15) is 16.7 Å². The fraction of sp³-hybridized carbons (Fsp3) is 0.219. The molecule has 3 N–H and O–H groups in total. The SMILES string of the molecule is COc1cccc(CNC[C@@H](O)[C@H](Cc2cc(F)cc(F)c2)NC(=O)Cc2cccc(-c3ccccc3)c2)c1. The Morgan fingerprint density at radius 3 is 2.26 bits per heavy atom. The summed E-state index contributed by atoms with van der Waals surface area (Å²) in [6.45, 7) is 0.624. The van der Waals surface area contributed by atoms with Gasteiger partial charge in [-0.3, -0.25) is 4.79 Å². The van der Waals surface area contributed by atoms with Gasteiger partial charge in [-0.15, -0.1) is 0 Å². The number of halogens is 2. The Morgan fingerprint density at radius 1 is 0.821 bits per heavy atom. The standard InChI is InChI=1S/C32H32F2N2O3/c1-39-29-12-6-8-23(16-29)20-35-21-31(37)30(17-24-14-27(33)19-28(34)15-24)36-32(38)18-22-7-5-11-26(13-22)25-9-3-2-4-10-25/h2-16,19,30-31,35,37H,17-18,20-21H2,1H3,(H,36,38)/t30-,31+/m0/s1. The molecule has 0 aliphatic carbocycles. The third kappa shape index (κ3) is 8.46. The van der Waals surface area contributed by atoms with Crippen molar-refractivity contribution in [3.05, 3.63) is 125 Å². The predicted molar refractivity (Wildman–Crippen MR) is 148 cm³/mol. The lowest BCUT2D eigenvalue weighted by molar-refractivity contribution is -0.122. The number of carbonyl (C=O) groups excluding carboxylic acids is 1. The molecule has 2 atom stereocenters. The van der Waals surface area contributed by atoms with E-state index in [0.29, 0.717) is 12.1 Å². The van der Waals surface area contributed by atoms with Gasteiger partial charge in [-0.1, -0.05) is 66.7 Å². The molecule has 4 aromatic carbocycles. The second kappa shape index (κ2) is 13.6. The summed E-state index contributed by atoms with van der Waals surface area (Å²) < 4.78 is 32.9. The van der Waals surface area contributed by atoms with Crippen LogP contribution in [-0.4, -0.2) is 36.8 Å². The van der Waals surface area contributed by atoms with Crippen LogP contribution < -0.4 is 15.4 Å². The molecule has 0 aliphatic heterocycles. The van der Waals surface area contributed by atoms with Crippen LogP contribution in [0.4, 0.5) is 8.78 Å². The van der Waals surface area contributed by atoms with Crippen LogP contribution in [0.2, 0.25) is 0 Å². The zero-order valence-electron chi connectivity index (χ0n) is 21.7. The summed E-state index contributed by atoms with van der Waals surface area (Å²) in [5, 5.41) is 17.1. The molecule has 0 saturated carbocycles. The van der Waals surface area contributed by atoms with Crippen LogP contribution in [0, 0.1) is 11.6 Å². The van der Waals surface area contributed by atoms with E-state index in [1.165, 1.54) is 12.1 Å². The van der Waals surface area contributed by atoms with Crippen LogP contribution >= 0.6 is 0 Å². The first-order valence-electron chi connectivity index (χ1n) is 12.8. The van der Waals surface area contributed by atoms with Crippen molar-refractivity contribution in [2.45, 2.75) is 31.5 Å². The largest absolute Gasteiger partial charge is 0.497 e. The van der Waals surface area contributed by atoms with E-state index < -0.39 is 23.8 Å². The highest BCUT2D eigenvalue weighted by Gasteiger charge is 2.22. The minimum atomic E-state index is -1.01. The van der Waals surface area contributed by atoms with Crippen LogP contribution in [0.3, 0.4) is 0 Å². The van der Waals surface area contributed by atoms with Crippen molar-refractivity contribution < 1.29 is 23.4 Å². The summed E-state index contributed by atoms with van der Waals surface area (Å²) in [6, 6.07) is 27.6. The number of nitrogens with one attached hydrogen (secondary N) is 2. The Labute approximate surface area is 227 Å². The van der Waals surface area contributed by atoms with E-state index in [1.807, 2.05) is 78.9 Å². The maximum absolute atomic E-state index is 13.8. The summed E-state index contributed by atoms with van der Waals surface area (Å²) in [6.07, 6.45) is -0.855. The quantitative estimate of drug-likeness (QED) is 0.240. The van der Waals surface area contributed by atoms with Gasteiger partial charge in [-0.05, 0) is 58.5 Å². The maximum atomic E-state index is 13.8. The number of carbonyl (C=O) groups is 1. The molecule has 0 radical (unpaired) electrons. The van der Waals surface area contributed by atoms with Crippen LogP contribution in [-0.2, 0) is 24.2 Å². The van der Waals surface area contributed by atoms with E-state index in [4.69, 9.17) is 4.74 Å². The first-order chi connectivity index (χ1) is 18.9. The van der Waals surface area contributed by atoms with Gasteiger partial charge in [0.1, 0.15) is 17.4 Å². The number of aliphatic hydroxyl groups is 1.